The zero-order chi connectivity index (χ0) is 13.9. The van der Waals surface area contributed by atoms with E-state index >= 15 is 0 Å². The van der Waals surface area contributed by atoms with Crippen LogP contribution in [-0.4, -0.2) is 25.4 Å². The van der Waals surface area contributed by atoms with Gasteiger partial charge in [0.05, 0.1) is 6.10 Å². The van der Waals surface area contributed by atoms with Gasteiger partial charge in [0.25, 0.3) is 0 Å². The van der Waals surface area contributed by atoms with Gasteiger partial charge in [-0.15, -0.1) is 0 Å². The summed E-state index contributed by atoms with van der Waals surface area (Å²) in [5.41, 5.74) is 0.608. The second-order valence-electron chi connectivity index (χ2n) is 5.49. The van der Waals surface area contributed by atoms with Gasteiger partial charge >= 0.3 is 0 Å². The molecule has 2 aliphatic rings. The highest BCUT2D eigenvalue weighted by Gasteiger charge is 2.22. The number of benzene rings is 1. The second kappa shape index (κ2) is 6.06. The molecule has 1 aliphatic heterocycles. The summed E-state index contributed by atoms with van der Waals surface area (Å²) < 4.78 is 38.4. The zero-order valence-corrected chi connectivity index (χ0v) is 11.3. The quantitative estimate of drug-likeness (QED) is 0.871. The first kappa shape index (κ1) is 13.8. The molecule has 3 nitrogen and oxygen atoms in total. The SMILES string of the molecule is Fc1cc(CNC2CC2)cc(F)c1OCC1CCCO1. The first-order valence-electron chi connectivity index (χ1n) is 7.18. The standard InChI is InChI=1S/C15H19F2NO2/c16-13-6-10(8-18-11-3-4-11)7-14(17)15(13)20-9-12-2-1-5-19-12/h6-7,11-12,18H,1-5,8-9H2. The topological polar surface area (TPSA) is 30.5 Å². The number of hydrogen-bond donors (Lipinski definition) is 1. The fraction of sp³-hybridized carbons (Fsp3) is 0.600. The fourth-order valence-electron chi connectivity index (χ4n) is 2.35. The van der Waals surface area contributed by atoms with Crippen molar-refractivity contribution in [2.75, 3.05) is 13.2 Å². The third-order valence-electron chi connectivity index (χ3n) is 3.67. The Labute approximate surface area is 117 Å². The van der Waals surface area contributed by atoms with Crippen LogP contribution in [0.5, 0.6) is 5.75 Å². The van der Waals surface area contributed by atoms with E-state index in [0.717, 1.165) is 25.7 Å². The molecular weight excluding hydrogens is 264 g/mol. The molecule has 0 amide bonds. The smallest absolute Gasteiger partial charge is 0.190 e. The predicted molar refractivity (Wildman–Crippen MR) is 70.7 cm³/mol. The van der Waals surface area contributed by atoms with Crippen molar-refractivity contribution in [3.63, 3.8) is 0 Å². The van der Waals surface area contributed by atoms with Crippen LogP contribution in [0.25, 0.3) is 0 Å². The highest BCUT2D eigenvalue weighted by atomic mass is 19.1. The van der Waals surface area contributed by atoms with E-state index in [1.807, 2.05) is 0 Å². The van der Waals surface area contributed by atoms with Crippen molar-refractivity contribution in [2.45, 2.75) is 44.4 Å². The van der Waals surface area contributed by atoms with E-state index in [2.05, 4.69) is 5.32 Å². The van der Waals surface area contributed by atoms with E-state index in [0.29, 0.717) is 24.8 Å². The van der Waals surface area contributed by atoms with Crippen LogP contribution in [0.4, 0.5) is 8.78 Å². The van der Waals surface area contributed by atoms with Crippen LogP contribution in [0.1, 0.15) is 31.2 Å². The second-order valence-corrected chi connectivity index (χ2v) is 5.49. The van der Waals surface area contributed by atoms with Gasteiger partial charge < -0.3 is 14.8 Å². The lowest BCUT2D eigenvalue weighted by molar-refractivity contribution is 0.0650. The Hall–Kier alpha value is -1.20. The van der Waals surface area contributed by atoms with Crippen molar-refractivity contribution in [3.8, 4) is 5.75 Å². The van der Waals surface area contributed by atoms with E-state index in [4.69, 9.17) is 9.47 Å². The monoisotopic (exact) mass is 283 g/mol. The molecule has 1 unspecified atom stereocenters. The molecule has 3 rings (SSSR count). The summed E-state index contributed by atoms with van der Waals surface area (Å²) in [6.07, 6.45) is 4.10. The van der Waals surface area contributed by atoms with Gasteiger partial charge in [0.1, 0.15) is 6.61 Å². The summed E-state index contributed by atoms with van der Waals surface area (Å²) in [6, 6.07) is 3.18. The average Bonchev–Trinajstić information content (AvgIpc) is 3.10. The summed E-state index contributed by atoms with van der Waals surface area (Å²) in [5.74, 6) is -1.58. The highest BCUT2D eigenvalue weighted by molar-refractivity contribution is 5.31. The zero-order valence-electron chi connectivity index (χ0n) is 11.3. The third-order valence-corrected chi connectivity index (χ3v) is 3.67. The molecule has 1 aromatic rings. The molecule has 0 aromatic heterocycles. The Morgan fingerprint density at radius 2 is 1.95 bits per heavy atom. The minimum atomic E-state index is -0.643. The number of nitrogens with one attached hydrogen (secondary N) is 1. The van der Waals surface area contributed by atoms with E-state index in [1.54, 1.807) is 0 Å². The first-order valence-corrected chi connectivity index (χ1v) is 7.18. The van der Waals surface area contributed by atoms with Gasteiger partial charge in [-0.2, -0.15) is 0 Å². The van der Waals surface area contributed by atoms with Gasteiger partial charge in [-0.3, -0.25) is 0 Å². The van der Waals surface area contributed by atoms with Crippen LogP contribution in [0.2, 0.25) is 0 Å². The lowest BCUT2D eigenvalue weighted by Gasteiger charge is -2.13. The Morgan fingerprint density at radius 1 is 1.20 bits per heavy atom. The van der Waals surface area contributed by atoms with Crippen LogP contribution in [0.15, 0.2) is 12.1 Å². The maximum atomic E-state index is 13.9. The van der Waals surface area contributed by atoms with E-state index in [1.165, 1.54) is 12.1 Å². The van der Waals surface area contributed by atoms with Crippen LogP contribution < -0.4 is 10.1 Å². The Morgan fingerprint density at radius 3 is 2.55 bits per heavy atom. The van der Waals surface area contributed by atoms with E-state index in [-0.39, 0.29) is 18.5 Å². The van der Waals surface area contributed by atoms with Gasteiger partial charge in [-0.05, 0) is 43.4 Å². The third kappa shape index (κ3) is 3.46. The summed E-state index contributed by atoms with van der Waals surface area (Å²) in [6.45, 7) is 1.39. The average molecular weight is 283 g/mol. The molecule has 110 valence electrons. The first-order chi connectivity index (χ1) is 9.72. The van der Waals surface area contributed by atoms with Crippen molar-refractivity contribution in [1.82, 2.24) is 5.32 Å². The van der Waals surface area contributed by atoms with Gasteiger partial charge in [0.2, 0.25) is 0 Å². The molecule has 5 heteroatoms. The van der Waals surface area contributed by atoms with E-state index < -0.39 is 11.6 Å². The maximum absolute atomic E-state index is 13.9. The van der Waals surface area contributed by atoms with Gasteiger partial charge in [-0.25, -0.2) is 8.78 Å². The largest absolute Gasteiger partial charge is 0.485 e. The van der Waals surface area contributed by atoms with Crippen LogP contribution in [0.3, 0.4) is 0 Å². The lowest BCUT2D eigenvalue weighted by Crippen LogP contribution is -2.18. The molecule has 1 N–H and O–H groups in total. The Kier molecular flexibility index (Phi) is 4.17. The van der Waals surface area contributed by atoms with Crippen molar-refractivity contribution >= 4 is 0 Å². The molecule has 0 spiro atoms. The molecule has 1 aliphatic carbocycles. The molecule has 1 aromatic carbocycles. The Balaban J connectivity index is 1.60. The normalized spacial score (nSPS) is 22.2. The molecule has 1 heterocycles. The molecule has 1 saturated heterocycles. The summed E-state index contributed by atoms with van der Waals surface area (Å²) >= 11 is 0. The minimum Gasteiger partial charge on any atom is -0.485 e. The van der Waals surface area contributed by atoms with Gasteiger partial charge in [-0.1, -0.05) is 0 Å². The fourth-order valence-corrected chi connectivity index (χ4v) is 2.35. The molecule has 20 heavy (non-hydrogen) atoms. The minimum absolute atomic E-state index is 0.0509. The van der Waals surface area contributed by atoms with Crippen molar-refractivity contribution < 1.29 is 18.3 Å². The number of rotatable bonds is 6. The van der Waals surface area contributed by atoms with Crippen molar-refractivity contribution in [1.29, 1.82) is 0 Å². The van der Waals surface area contributed by atoms with Gasteiger partial charge in [0, 0.05) is 19.2 Å². The molecule has 1 saturated carbocycles. The van der Waals surface area contributed by atoms with Crippen molar-refractivity contribution in [2.24, 2.45) is 0 Å². The summed E-state index contributed by atoms with van der Waals surface area (Å²) in [5, 5.41) is 3.23. The lowest BCUT2D eigenvalue weighted by atomic mass is 10.2. The summed E-state index contributed by atoms with van der Waals surface area (Å²) in [4.78, 5) is 0. The number of ether oxygens (including phenoxy) is 2. The van der Waals surface area contributed by atoms with Crippen molar-refractivity contribution in [3.05, 3.63) is 29.3 Å². The van der Waals surface area contributed by atoms with Gasteiger partial charge in [0.15, 0.2) is 17.4 Å². The molecular formula is C15H19F2NO2. The maximum Gasteiger partial charge on any atom is 0.190 e. The highest BCUT2D eigenvalue weighted by Crippen LogP contribution is 2.25. The van der Waals surface area contributed by atoms with E-state index in [9.17, 15) is 8.78 Å². The number of halogens is 2. The molecule has 2 fully saturated rings. The predicted octanol–water partition coefficient (Wildman–Crippen LogP) is 2.77. The molecule has 1 atom stereocenters. The molecule has 0 bridgehead atoms. The van der Waals surface area contributed by atoms with Crippen LogP contribution in [-0.2, 0) is 11.3 Å². The summed E-state index contributed by atoms with van der Waals surface area (Å²) in [7, 11) is 0. The van der Waals surface area contributed by atoms with Crippen LogP contribution in [0, 0.1) is 11.6 Å². The molecule has 0 radical (unpaired) electrons. The van der Waals surface area contributed by atoms with Crippen LogP contribution >= 0.6 is 0 Å². The Bertz CT molecular complexity index is 448. The number of hydrogen-bond acceptors (Lipinski definition) is 3.